The predicted molar refractivity (Wildman–Crippen MR) is 95.8 cm³/mol. The summed E-state index contributed by atoms with van der Waals surface area (Å²) in [7, 11) is 0. The molecule has 14 heteroatoms. The van der Waals surface area contributed by atoms with Crippen LogP contribution in [0.1, 0.15) is 27.7 Å². The fourth-order valence-electron chi connectivity index (χ4n) is 2.46. The molecule has 1 aliphatic heterocycles. The number of carbonyl (C=O) groups is 5. The van der Waals surface area contributed by atoms with E-state index in [0.29, 0.717) is 0 Å². The highest BCUT2D eigenvalue weighted by atomic mass is 32.2. The molecule has 0 radical (unpaired) electrons. The molecule has 13 nitrogen and oxygen atoms in total. The lowest BCUT2D eigenvalue weighted by molar-refractivity contribution is -0.184. The van der Waals surface area contributed by atoms with Gasteiger partial charge in [-0.2, -0.15) is 0 Å². The SMILES string of the molecule is CC(=O)OC1S[C@H](OC(C)=O)[C@@H](OC(C)=O)[C@H](OC(C)=O)[C@H]1NC(=O)CN=[N+]=[N-]. The quantitative estimate of drug-likeness (QED) is 0.191. The molecule has 1 saturated heterocycles. The maximum atomic E-state index is 12.1. The van der Waals surface area contributed by atoms with Crippen LogP contribution < -0.4 is 5.32 Å². The topological polar surface area (TPSA) is 183 Å². The zero-order valence-electron chi connectivity index (χ0n) is 16.0. The van der Waals surface area contributed by atoms with Gasteiger partial charge in [0.25, 0.3) is 0 Å². The zero-order chi connectivity index (χ0) is 22.1. The van der Waals surface area contributed by atoms with Gasteiger partial charge in [0.2, 0.25) is 5.91 Å². The van der Waals surface area contributed by atoms with Crippen LogP contribution in [0.15, 0.2) is 5.11 Å². The Labute approximate surface area is 169 Å². The number of rotatable bonds is 7. The summed E-state index contributed by atoms with van der Waals surface area (Å²) in [5.74, 6) is -3.79. The van der Waals surface area contributed by atoms with Gasteiger partial charge in [0.1, 0.15) is 12.6 Å². The van der Waals surface area contributed by atoms with E-state index >= 15 is 0 Å². The molecule has 29 heavy (non-hydrogen) atoms. The normalized spacial score (nSPS) is 25.6. The summed E-state index contributed by atoms with van der Waals surface area (Å²) < 4.78 is 20.7. The maximum absolute atomic E-state index is 12.1. The van der Waals surface area contributed by atoms with Gasteiger partial charge in [0.05, 0.1) is 0 Å². The Hall–Kier alpha value is -2.99. The van der Waals surface area contributed by atoms with E-state index in [1.807, 2.05) is 0 Å². The number of carbonyl (C=O) groups excluding carboxylic acids is 5. The molecule has 0 aromatic heterocycles. The van der Waals surface area contributed by atoms with Gasteiger partial charge in [-0.05, 0) is 5.53 Å². The van der Waals surface area contributed by atoms with Crippen LogP contribution in [0.25, 0.3) is 10.4 Å². The molecule has 1 unspecified atom stereocenters. The number of hydrogen-bond acceptors (Lipinski definition) is 11. The second kappa shape index (κ2) is 11.1. The molecule has 0 aromatic rings. The minimum absolute atomic E-state index is 0.580. The first kappa shape index (κ1) is 24.0. The molecule has 0 bridgehead atoms. The van der Waals surface area contributed by atoms with E-state index in [9.17, 15) is 24.0 Å². The average molecular weight is 432 g/mol. The Morgan fingerprint density at radius 2 is 1.34 bits per heavy atom. The fourth-order valence-corrected chi connectivity index (χ4v) is 3.86. The van der Waals surface area contributed by atoms with Gasteiger partial charge in [-0.15, -0.1) is 0 Å². The molecule has 1 fully saturated rings. The molecule has 160 valence electrons. The standard InChI is InChI=1S/C15H20N4O9S/c1-6(20)25-12-11(18-10(24)5-17-19-16)14(27-8(3)22)29-15(28-9(4)23)13(12)26-7(2)21/h11-15H,5H2,1-4H3,(H,18,24)/t11-,12-,13+,14?,15+/m1/s1. The van der Waals surface area contributed by atoms with Gasteiger partial charge >= 0.3 is 23.9 Å². The summed E-state index contributed by atoms with van der Waals surface area (Å²) in [6.07, 6.45) is -2.69. The largest absolute Gasteiger partial charge is 0.456 e. The lowest BCUT2D eigenvalue weighted by Crippen LogP contribution is -2.63. The first-order valence-corrected chi connectivity index (χ1v) is 9.14. The van der Waals surface area contributed by atoms with Gasteiger partial charge < -0.3 is 24.3 Å². The number of thioether (sulfide) groups is 1. The molecule has 0 aliphatic carbocycles. The van der Waals surface area contributed by atoms with Crippen LogP contribution in [-0.4, -0.2) is 65.5 Å². The van der Waals surface area contributed by atoms with Crippen LogP contribution in [0.2, 0.25) is 0 Å². The van der Waals surface area contributed by atoms with E-state index in [2.05, 4.69) is 15.3 Å². The van der Waals surface area contributed by atoms with Gasteiger partial charge in [0, 0.05) is 32.6 Å². The van der Waals surface area contributed by atoms with E-state index in [0.717, 1.165) is 39.5 Å². The van der Waals surface area contributed by atoms with Crippen LogP contribution in [0.5, 0.6) is 0 Å². The molecule has 0 saturated carbocycles. The van der Waals surface area contributed by atoms with Crippen LogP contribution in [0, 0.1) is 0 Å². The number of nitrogens with one attached hydrogen (secondary N) is 1. The Bertz CT molecular complexity index is 725. The molecule has 1 rings (SSSR count). The van der Waals surface area contributed by atoms with Crippen molar-refractivity contribution in [3.05, 3.63) is 10.4 Å². The second-order valence-electron chi connectivity index (χ2n) is 5.72. The van der Waals surface area contributed by atoms with Crippen molar-refractivity contribution in [1.82, 2.24) is 5.32 Å². The first-order valence-electron chi connectivity index (χ1n) is 8.19. The van der Waals surface area contributed by atoms with Gasteiger partial charge in [-0.3, -0.25) is 24.0 Å². The van der Waals surface area contributed by atoms with E-state index < -0.39 is 65.5 Å². The first-order chi connectivity index (χ1) is 13.5. The highest BCUT2D eigenvalue weighted by Gasteiger charge is 2.53. The third-order valence-corrected chi connectivity index (χ3v) is 4.57. The lowest BCUT2D eigenvalue weighted by atomic mass is 10.0. The smallest absolute Gasteiger partial charge is 0.303 e. The number of ether oxygens (including phenoxy) is 4. The number of azide groups is 1. The van der Waals surface area contributed by atoms with Crippen molar-refractivity contribution < 1.29 is 42.9 Å². The minimum Gasteiger partial charge on any atom is -0.456 e. The van der Waals surface area contributed by atoms with Crippen LogP contribution in [0.4, 0.5) is 0 Å². The Morgan fingerprint density at radius 1 is 0.862 bits per heavy atom. The average Bonchev–Trinajstić information content (AvgIpc) is 2.57. The molecule has 5 atom stereocenters. The maximum Gasteiger partial charge on any atom is 0.303 e. The van der Waals surface area contributed by atoms with Crippen molar-refractivity contribution in [3.63, 3.8) is 0 Å². The van der Waals surface area contributed by atoms with E-state index in [1.165, 1.54) is 0 Å². The highest BCUT2D eigenvalue weighted by Crippen LogP contribution is 2.37. The summed E-state index contributed by atoms with van der Waals surface area (Å²) in [6, 6.07) is -1.20. The monoisotopic (exact) mass is 432 g/mol. The van der Waals surface area contributed by atoms with Crippen LogP contribution in [0.3, 0.4) is 0 Å². The second-order valence-corrected chi connectivity index (χ2v) is 6.92. The molecule has 1 amide bonds. The predicted octanol–water partition coefficient (Wildman–Crippen LogP) is 0.170. The summed E-state index contributed by atoms with van der Waals surface area (Å²) in [5.41, 5.74) is 5.98. The van der Waals surface area contributed by atoms with E-state index in [1.54, 1.807) is 0 Å². The third kappa shape index (κ3) is 7.87. The van der Waals surface area contributed by atoms with Gasteiger partial charge in [-0.25, -0.2) is 0 Å². The Kier molecular flexibility index (Phi) is 9.22. The van der Waals surface area contributed by atoms with Crippen molar-refractivity contribution in [2.45, 2.75) is 56.8 Å². The molecular weight excluding hydrogens is 412 g/mol. The Morgan fingerprint density at radius 3 is 1.83 bits per heavy atom. The Balaban J connectivity index is 3.35. The van der Waals surface area contributed by atoms with Crippen molar-refractivity contribution in [1.29, 1.82) is 0 Å². The van der Waals surface area contributed by atoms with Crippen molar-refractivity contribution in [2.24, 2.45) is 5.11 Å². The summed E-state index contributed by atoms with van der Waals surface area (Å²) >= 11 is 0.770. The fraction of sp³-hybridized carbons (Fsp3) is 0.667. The summed E-state index contributed by atoms with van der Waals surface area (Å²) in [4.78, 5) is 60.7. The molecule has 0 aromatic carbocycles. The molecule has 1 aliphatic rings. The number of hydrogen-bond donors (Lipinski definition) is 1. The van der Waals surface area contributed by atoms with Crippen molar-refractivity contribution in [3.8, 4) is 0 Å². The van der Waals surface area contributed by atoms with Crippen molar-refractivity contribution in [2.75, 3.05) is 6.54 Å². The molecule has 1 heterocycles. The summed E-state index contributed by atoms with van der Waals surface area (Å²) in [6.45, 7) is 3.81. The number of amides is 1. The number of esters is 4. The van der Waals surface area contributed by atoms with Gasteiger partial charge in [-0.1, -0.05) is 16.9 Å². The summed E-state index contributed by atoms with van der Waals surface area (Å²) in [5, 5.41) is 5.55. The van der Waals surface area contributed by atoms with Crippen LogP contribution >= 0.6 is 11.8 Å². The number of nitrogens with zero attached hydrogens (tertiary/aromatic N) is 3. The van der Waals surface area contributed by atoms with Crippen LogP contribution in [-0.2, 0) is 42.9 Å². The van der Waals surface area contributed by atoms with E-state index in [-0.39, 0.29) is 0 Å². The lowest BCUT2D eigenvalue weighted by Gasteiger charge is -2.43. The zero-order valence-corrected chi connectivity index (χ0v) is 16.8. The minimum atomic E-state index is -1.37. The molecule has 0 spiro atoms. The van der Waals surface area contributed by atoms with Crippen molar-refractivity contribution >= 4 is 41.5 Å². The van der Waals surface area contributed by atoms with Gasteiger partial charge in [0.15, 0.2) is 23.1 Å². The molecular formula is C15H20N4O9S. The third-order valence-electron chi connectivity index (χ3n) is 3.28. The molecule has 1 N–H and O–H groups in total. The highest BCUT2D eigenvalue weighted by molar-refractivity contribution is 8.00. The van der Waals surface area contributed by atoms with E-state index in [4.69, 9.17) is 24.5 Å².